The minimum atomic E-state index is -0.433. The lowest BCUT2D eigenvalue weighted by atomic mass is 10.0. The number of rotatable bonds is 6. The number of anilines is 1. The van der Waals surface area contributed by atoms with Crippen molar-refractivity contribution in [3.8, 4) is 6.07 Å². The molecule has 0 unspecified atom stereocenters. The Balaban J connectivity index is 1.95. The second-order valence-corrected chi connectivity index (χ2v) is 5.64. The third-order valence-electron chi connectivity index (χ3n) is 3.50. The summed E-state index contributed by atoms with van der Waals surface area (Å²) < 4.78 is 0. The lowest BCUT2D eigenvalue weighted by molar-refractivity contribution is -0.112. The van der Waals surface area contributed by atoms with E-state index in [9.17, 15) is 4.79 Å². The molecule has 1 aromatic carbocycles. The molecular weight excluding hydrogens is 300 g/mol. The molecule has 24 heavy (non-hydrogen) atoms. The van der Waals surface area contributed by atoms with Gasteiger partial charge in [-0.1, -0.05) is 26.0 Å². The van der Waals surface area contributed by atoms with Crippen molar-refractivity contribution in [3.63, 3.8) is 0 Å². The van der Waals surface area contributed by atoms with Crippen molar-refractivity contribution in [1.29, 1.82) is 5.26 Å². The van der Waals surface area contributed by atoms with E-state index in [-0.39, 0.29) is 5.57 Å². The van der Waals surface area contributed by atoms with Gasteiger partial charge in [0.15, 0.2) is 0 Å². The maximum Gasteiger partial charge on any atom is 0.267 e. The van der Waals surface area contributed by atoms with E-state index >= 15 is 0 Å². The first-order valence-electron chi connectivity index (χ1n) is 7.74. The lowest BCUT2D eigenvalue weighted by Gasteiger charge is -2.08. The van der Waals surface area contributed by atoms with E-state index in [0.29, 0.717) is 18.2 Å². The Kier molecular flexibility index (Phi) is 6.09. The topological polar surface area (TPSA) is 77.8 Å². The average Bonchev–Trinajstić information content (AvgIpc) is 2.60. The van der Waals surface area contributed by atoms with Crippen molar-refractivity contribution in [2.24, 2.45) is 0 Å². The fraction of sp³-hybridized carbons (Fsp3) is 0.211. The van der Waals surface area contributed by atoms with Crippen LogP contribution in [0.25, 0.3) is 0 Å². The highest BCUT2D eigenvalue weighted by atomic mass is 16.1. The zero-order valence-corrected chi connectivity index (χ0v) is 13.8. The molecule has 0 radical (unpaired) electrons. The number of nitriles is 1. The quantitative estimate of drug-likeness (QED) is 0.632. The monoisotopic (exact) mass is 320 g/mol. The van der Waals surface area contributed by atoms with Crippen LogP contribution in [0.3, 0.4) is 0 Å². The highest BCUT2D eigenvalue weighted by molar-refractivity contribution is 6.06. The first kappa shape index (κ1) is 17.2. The fourth-order valence-corrected chi connectivity index (χ4v) is 2.07. The molecule has 0 saturated carbocycles. The van der Waals surface area contributed by atoms with E-state index < -0.39 is 5.91 Å². The molecule has 0 spiro atoms. The second-order valence-electron chi connectivity index (χ2n) is 5.64. The second kappa shape index (κ2) is 8.49. The summed E-state index contributed by atoms with van der Waals surface area (Å²) >= 11 is 0. The molecule has 1 aromatic heterocycles. The van der Waals surface area contributed by atoms with Gasteiger partial charge in [0.25, 0.3) is 5.91 Å². The van der Waals surface area contributed by atoms with Gasteiger partial charge in [0, 0.05) is 30.8 Å². The van der Waals surface area contributed by atoms with Gasteiger partial charge < -0.3 is 10.6 Å². The molecule has 0 aliphatic rings. The van der Waals surface area contributed by atoms with Crippen molar-refractivity contribution in [1.82, 2.24) is 10.3 Å². The molecule has 1 amide bonds. The predicted octanol–water partition coefficient (Wildman–Crippen LogP) is 3.34. The summed E-state index contributed by atoms with van der Waals surface area (Å²) in [6, 6.07) is 13.3. The summed E-state index contributed by atoms with van der Waals surface area (Å²) in [5, 5.41) is 14.9. The van der Waals surface area contributed by atoms with Gasteiger partial charge in [0.1, 0.15) is 11.6 Å². The number of carbonyl (C=O) groups is 1. The molecule has 2 aromatic rings. The summed E-state index contributed by atoms with van der Waals surface area (Å²) in [5.74, 6) is -0.00118. The summed E-state index contributed by atoms with van der Waals surface area (Å²) in [6.07, 6.45) is 4.82. The number of hydrogen-bond acceptors (Lipinski definition) is 4. The molecule has 122 valence electrons. The van der Waals surface area contributed by atoms with Gasteiger partial charge in [0.2, 0.25) is 0 Å². The molecule has 0 bridgehead atoms. The lowest BCUT2D eigenvalue weighted by Crippen LogP contribution is -2.16. The third-order valence-corrected chi connectivity index (χ3v) is 3.50. The number of benzene rings is 1. The number of amides is 1. The van der Waals surface area contributed by atoms with Crippen LogP contribution in [0.15, 0.2) is 60.6 Å². The first-order valence-corrected chi connectivity index (χ1v) is 7.74. The summed E-state index contributed by atoms with van der Waals surface area (Å²) in [6.45, 7) is 4.74. The highest BCUT2D eigenvalue weighted by Crippen LogP contribution is 2.17. The largest absolute Gasteiger partial charge is 0.386 e. The molecule has 2 N–H and O–H groups in total. The van der Waals surface area contributed by atoms with Crippen LogP contribution in [-0.2, 0) is 11.3 Å². The Labute approximate surface area is 142 Å². The van der Waals surface area contributed by atoms with Crippen molar-refractivity contribution in [3.05, 3.63) is 71.7 Å². The van der Waals surface area contributed by atoms with Crippen LogP contribution in [0.4, 0.5) is 5.69 Å². The third kappa shape index (κ3) is 4.96. The molecule has 0 aliphatic heterocycles. The van der Waals surface area contributed by atoms with Gasteiger partial charge in [-0.05, 0) is 41.3 Å². The molecule has 2 rings (SSSR count). The summed E-state index contributed by atoms with van der Waals surface area (Å²) in [4.78, 5) is 16.1. The van der Waals surface area contributed by atoms with Gasteiger partial charge in [-0.25, -0.2) is 0 Å². The Hall–Kier alpha value is -3.13. The zero-order valence-electron chi connectivity index (χ0n) is 13.8. The zero-order chi connectivity index (χ0) is 17.4. The van der Waals surface area contributed by atoms with Crippen LogP contribution in [-0.4, -0.2) is 10.9 Å². The molecule has 0 fully saturated rings. The van der Waals surface area contributed by atoms with Gasteiger partial charge in [-0.15, -0.1) is 0 Å². The maximum atomic E-state index is 12.2. The van der Waals surface area contributed by atoms with E-state index in [0.717, 1.165) is 5.56 Å². The van der Waals surface area contributed by atoms with Crippen LogP contribution in [0.2, 0.25) is 0 Å². The Morgan fingerprint density at radius 1 is 1.21 bits per heavy atom. The number of nitrogens with zero attached hydrogens (tertiary/aromatic N) is 2. The smallest absolute Gasteiger partial charge is 0.267 e. The van der Waals surface area contributed by atoms with Gasteiger partial charge >= 0.3 is 0 Å². The number of hydrogen-bond donors (Lipinski definition) is 2. The van der Waals surface area contributed by atoms with E-state index in [1.54, 1.807) is 12.4 Å². The number of pyridine rings is 1. The Morgan fingerprint density at radius 2 is 1.88 bits per heavy atom. The van der Waals surface area contributed by atoms with E-state index in [2.05, 4.69) is 29.5 Å². The van der Waals surface area contributed by atoms with Gasteiger partial charge in [0.05, 0.1) is 0 Å². The molecule has 5 nitrogen and oxygen atoms in total. The highest BCUT2D eigenvalue weighted by Gasteiger charge is 2.09. The molecule has 0 aliphatic carbocycles. The first-order chi connectivity index (χ1) is 11.6. The summed E-state index contributed by atoms with van der Waals surface area (Å²) in [7, 11) is 0. The predicted molar refractivity (Wildman–Crippen MR) is 93.9 cm³/mol. The van der Waals surface area contributed by atoms with E-state index in [4.69, 9.17) is 5.26 Å². The normalized spacial score (nSPS) is 11.0. The average molecular weight is 320 g/mol. The number of carbonyl (C=O) groups excluding carboxylic acids is 1. The minimum Gasteiger partial charge on any atom is -0.386 e. The maximum absolute atomic E-state index is 12.2. The van der Waals surface area contributed by atoms with Crippen LogP contribution in [0, 0.1) is 11.3 Å². The molecule has 1 heterocycles. The van der Waals surface area contributed by atoms with E-state index in [1.165, 1.54) is 11.8 Å². The molecule has 0 saturated heterocycles. The van der Waals surface area contributed by atoms with Gasteiger partial charge in [-0.2, -0.15) is 5.26 Å². The SMILES string of the molecule is CC(C)c1ccc(NC(=O)/C(C#N)=C\NCc2ccncc2)cc1. The molecule has 5 heteroatoms. The van der Waals surface area contributed by atoms with Crippen molar-refractivity contribution in [2.45, 2.75) is 26.3 Å². The van der Waals surface area contributed by atoms with Crippen molar-refractivity contribution >= 4 is 11.6 Å². The van der Waals surface area contributed by atoms with Crippen LogP contribution in [0.1, 0.15) is 30.9 Å². The molecular formula is C19H20N4O. The molecule has 0 atom stereocenters. The fourth-order valence-electron chi connectivity index (χ4n) is 2.07. The standard InChI is InChI=1S/C19H20N4O/c1-14(2)16-3-5-18(6-4-16)23-19(24)17(11-20)13-22-12-15-7-9-21-10-8-15/h3-10,13-14,22H,12H2,1-2H3,(H,23,24)/b17-13-. The minimum absolute atomic E-state index is 0.0250. The Morgan fingerprint density at radius 3 is 2.46 bits per heavy atom. The summed E-state index contributed by atoms with van der Waals surface area (Å²) in [5.41, 5.74) is 2.91. The van der Waals surface area contributed by atoms with E-state index in [1.807, 2.05) is 42.5 Å². The van der Waals surface area contributed by atoms with Crippen LogP contribution >= 0.6 is 0 Å². The van der Waals surface area contributed by atoms with Crippen LogP contribution in [0.5, 0.6) is 0 Å². The van der Waals surface area contributed by atoms with Gasteiger partial charge in [-0.3, -0.25) is 9.78 Å². The number of aromatic nitrogens is 1. The number of nitrogens with one attached hydrogen (secondary N) is 2. The van der Waals surface area contributed by atoms with Crippen LogP contribution < -0.4 is 10.6 Å². The van der Waals surface area contributed by atoms with Crippen molar-refractivity contribution in [2.75, 3.05) is 5.32 Å². The van der Waals surface area contributed by atoms with Crippen molar-refractivity contribution < 1.29 is 4.79 Å². The Bertz CT molecular complexity index is 743.